The summed E-state index contributed by atoms with van der Waals surface area (Å²) >= 11 is 0. The Labute approximate surface area is 167 Å². The summed E-state index contributed by atoms with van der Waals surface area (Å²) < 4.78 is 35.1. The number of benzene rings is 2. The maximum atomic E-state index is 12.6. The molecule has 0 aliphatic rings. The predicted octanol–water partition coefficient (Wildman–Crippen LogP) is 3.69. The van der Waals surface area contributed by atoms with Crippen molar-refractivity contribution in [3.05, 3.63) is 59.8 Å². The van der Waals surface area contributed by atoms with Gasteiger partial charge in [-0.25, -0.2) is 0 Å². The number of rotatable bonds is 8. The maximum Gasteiger partial charge on any atom is 0.387 e. The first-order valence-corrected chi connectivity index (χ1v) is 9.22. The van der Waals surface area contributed by atoms with E-state index < -0.39 is 6.61 Å². The van der Waals surface area contributed by atoms with Crippen molar-refractivity contribution in [3.8, 4) is 11.5 Å². The Hall–Kier alpha value is -3.29. The Morgan fingerprint density at radius 3 is 2.72 bits per heavy atom. The molecule has 0 amide bonds. The van der Waals surface area contributed by atoms with Crippen LogP contribution in [0, 0.1) is 0 Å². The summed E-state index contributed by atoms with van der Waals surface area (Å²) in [5.74, 6) is 1.23. The van der Waals surface area contributed by atoms with Gasteiger partial charge in [-0.3, -0.25) is 4.99 Å². The molecule has 0 aliphatic heterocycles. The van der Waals surface area contributed by atoms with Crippen LogP contribution in [0.2, 0.25) is 0 Å². The summed E-state index contributed by atoms with van der Waals surface area (Å²) in [5, 5.41) is 7.55. The quantitative estimate of drug-likeness (QED) is 0.397. The molecule has 8 heteroatoms. The summed E-state index contributed by atoms with van der Waals surface area (Å²) in [6, 6.07) is 12.8. The van der Waals surface area contributed by atoms with E-state index in [4.69, 9.17) is 4.74 Å². The molecule has 29 heavy (non-hydrogen) atoms. The molecule has 0 spiro atoms. The number of methoxy groups -OCH3 is 1. The fourth-order valence-electron chi connectivity index (χ4n) is 3.09. The minimum Gasteiger partial charge on any atom is -0.497 e. The molecule has 3 rings (SSSR count). The second kappa shape index (κ2) is 9.77. The Kier molecular flexibility index (Phi) is 6.89. The van der Waals surface area contributed by atoms with Crippen LogP contribution in [0.4, 0.5) is 8.78 Å². The number of guanidine groups is 1. The number of H-pyrrole nitrogens is 1. The normalized spacial score (nSPS) is 11.7. The summed E-state index contributed by atoms with van der Waals surface area (Å²) in [5.41, 5.74) is 2.86. The molecule has 0 atom stereocenters. The number of ether oxygens (including phenoxy) is 2. The largest absolute Gasteiger partial charge is 0.497 e. The molecule has 0 saturated carbocycles. The third kappa shape index (κ3) is 5.37. The van der Waals surface area contributed by atoms with E-state index in [9.17, 15) is 8.78 Å². The maximum absolute atomic E-state index is 12.6. The van der Waals surface area contributed by atoms with Crippen molar-refractivity contribution >= 4 is 16.9 Å². The van der Waals surface area contributed by atoms with Gasteiger partial charge in [0, 0.05) is 42.8 Å². The highest BCUT2D eigenvalue weighted by atomic mass is 19.3. The van der Waals surface area contributed by atoms with Crippen LogP contribution in [0.15, 0.2) is 53.7 Å². The second-order valence-corrected chi connectivity index (χ2v) is 6.31. The molecule has 6 nitrogen and oxygen atoms in total. The summed E-state index contributed by atoms with van der Waals surface area (Å²) in [6.07, 6.45) is 2.82. The number of fused-ring (bicyclic) bond motifs is 1. The van der Waals surface area contributed by atoms with E-state index in [-0.39, 0.29) is 12.3 Å². The van der Waals surface area contributed by atoms with Gasteiger partial charge in [0.1, 0.15) is 11.5 Å². The smallest absolute Gasteiger partial charge is 0.387 e. The molecule has 0 bridgehead atoms. The monoisotopic (exact) mass is 402 g/mol. The van der Waals surface area contributed by atoms with Crippen LogP contribution in [0.3, 0.4) is 0 Å². The first-order chi connectivity index (χ1) is 14.1. The molecule has 0 radical (unpaired) electrons. The van der Waals surface area contributed by atoms with Gasteiger partial charge >= 0.3 is 6.61 Å². The van der Waals surface area contributed by atoms with E-state index in [0.717, 1.165) is 11.9 Å². The number of hydrogen-bond donors (Lipinski definition) is 3. The van der Waals surface area contributed by atoms with Crippen LogP contribution in [-0.4, -0.2) is 38.3 Å². The molecule has 0 fully saturated rings. The van der Waals surface area contributed by atoms with Crippen LogP contribution in [-0.2, 0) is 13.0 Å². The van der Waals surface area contributed by atoms with Gasteiger partial charge in [0.15, 0.2) is 5.96 Å². The van der Waals surface area contributed by atoms with E-state index >= 15 is 0 Å². The Bertz CT molecular complexity index is 972. The lowest BCUT2D eigenvalue weighted by atomic mass is 10.1. The fourth-order valence-corrected chi connectivity index (χ4v) is 3.09. The lowest BCUT2D eigenvalue weighted by molar-refractivity contribution is -0.0504. The van der Waals surface area contributed by atoms with Crippen LogP contribution in [0.25, 0.3) is 10.9 Å². The topological polar surface area (TPSA) is 70.7 Å². The molecule has 1 heterocycles. The van der Waals surface area contributed by atoms with Crippen molar-refractivity contribution in [2.75, 3.05) is 20.7 Å². The molecule has 0 aliphatic carbocycles. The molecule has 3 N–H and O–H groups in total. The average Bonchev–Trinajstić information content (AvgIpc) is 3.14. The number of hydrogen-bond acceptors (Lipinski definition) is 3. The van der Waals surface area contributed by atoms with Crippen LogP contribution in [0.1, 0.15) is 11.1 Å². The third-order valence-electron chi connectivity index (χ3n) is 4.52. The molecule has 1 aromatic heterocycles. The van der Waals surface area contributed by atoms with Gasteiger partial charge in [-0.05, 0) is 36.2 Å². The minimum absolute atomic E-state index is 0.0996. The van der Waals surface area contributed by atoms with Crippen molar-refractivity contribution < 1.29 is 18.3 Å². The lowest BCUT2D eigenvalue weighted by Gasteiger charge is -2.15. The minimum atomic E-state index is -2.89. The highest BCUT2D eigenvalue weighted by molar-refractivity contribution is 5.83. The highest BCUT2D eigenvalue weighted by Crippen LogP contribution is 2.25. The molecular formula is C21H24F2N4O2. The van der Waals surface area contributed by atoms with Crippen LogP contribution >= 0.6 is 0 Å². The zero-order valence-corrected chi connectivity index (χ0v) is 16.3. The zero-order chi connectivity index (χ0) is 20.6. The highest BCUT2D eigenvalue weighted by Gasteiger charge is 2.12. The number of para-hydroxylation sites is 1. The van der Waals surface area contributed by atoms with Crippen molar-refractivity contribution in [1.82, 2.24) is 15.6 Å². The van der Waals surface area contributed by atoms with Crippen molar-refractivity contribution in [1.29, 1.82) is 0 Å². The van der Waals surface area contributed by atoms with E-state index in [2.05, 4.69) is 31.4 Å². The number of aliphatic imine (C=N–C) groups is 1. The molecule has 0 saturated heterocycles. The van der Waals surface area contributed by atoms with E-state index in [0.29, 0.717) is 23.8 Å². The Balaban J connectivity index is 1.58. The number of aromatic nitrogens is 1. The van der Waals surface area contributed by atoms with Crippen LogP contribution < -0.4 is 20.1 Å². The Morgan fingerprint density at radius 1 is 1.14 bits per heavy atom. The molecule has 2 aromatic carbocycles. The molecule has 3 aromatic rings. The van der Waals surface area contributed by atoms with E-state index in [1.807, 2.05) is 24.4 Å². The summed E-state index contributed by atoms with van der Waals surface area (Å²) in [7, 11) is 3.18. The molecular weight excluding hydrogens is 378 g/mol. The van der Waals surface area contributed by atoms with Crippen LogP contribution in [0.5, 0.6) is 11.5 Å². The van der Waals surface area contributed by atoms with Crippen molar-refractivity contribution in [2.45, 2.75) is 19.6 Å². The van der Waals surface area contributed by atoms with Gasteiger partial charge in [0.05, 0.1) is 7.11 Å². The van der Waals surface area contributed by atoms with Crippen molar-refractivity contribution in [2.24, 2.45) is 4.99 Å². The Morgan fingerprint density at radius 2 is 1.97 bits per heavy atom. The second-order valence-electron chi connectivity index (χ2n) is 6.31. The van der Waals surface area contributed by atoms with Crippen molar-refractivity contribution in [3.63, 3.8) is 0 Å². The van der Waals surface area contributed by atoms with E-state index in [1.54, 1.807) is 19.2 Å². The number of halogens is 2. The summed E-state index contributed by atoms with van der Waals surface area (Å²) in [4.78, 5) is 7.44. The van der Waals surface area contributed by atoms with Gasteiger partial charge in [0.2, 0.25) is 0 Å². The average molecular weight is 402 g/mol. The molecule has 154 valence electrons. The van der Waals surface area contributed by atoms with Gasteiger partial charge in [0.25, 0.3) is 0 Å². The number of nitrogens with zero attached hydrogens (tertiary/aromatic N) is 1. The first kappa shape index (κ1) is 20.4. The van der Waals surface area contributed by atoms with Gasteiger partial charge in [-0.1, -0.05) is 18.2 Å². The predicted molar refractivity (Wildman–Crippen MR) is 110 cm³/mol. The number of alkyl halides is 2. The number of aromatic amines is 1. The third-order valence-corrected chi connectivity index (χ3v) is 4.52. The SMILES string of the molecule is CN=C(NCCc1c[nH]c2ccccc12)NCc1cc(OC)ccc1OC(F)F. The standard InChI is InChI=1S/C21H24F2N4O2/c1-24-21(25-10-9-14-12-26-18-6-4-3-5-17(14)18)27-13-15-11-16(28-2)7-8-19(15)29-20(22)23/h3-8,11-12,20,26H,9-10,13H2,1-2H3,(H2,24,25,27). The van der Waals surface area contributed by atoms with Gasteiger partial charge in [-0.15, -0.1) is 0 Å². The number of nitrogens with one attached hydrogen (secondary N) is 3. The lowest BCUT2D eigenvalue weighted by Crippen LogP contribution is -2.38. The molecule has 0 unspecified atom stereocenters. The van der Waals surface area contributed by atoms with Gasteiger partial charge < -0.3 is 25.1 Å². The first-order valence-electron chi connectivity index (χ1n) is 9.22. The summed E-state index contributed by atoms with van der Waals surface area (Å²) in [6.45, 7) is -1.97. The van der Waals surface area contributed by atoms with E-state index in [1.165, 1.54) is 24.1 Å². The zero-order valence-electron chi connectivity index (χ0n) is 16.3. The van der Waals surface area contributed by atoms with Gasteiger partial charge in [-0.2, -0.15) is 8.78 Å². The fraction of sp³-hybridized carbons (Fsp3) is 0.286.